The molecule has 0 aromatic heterocycles. The van der Waals surface area contributed by atoms with Crippen molar-refractivity contribution in [1.82, 2.24) is 4.90 Å². The number of halogens is 2. The van der Waals surface area contributed by atoms with Crippen molar-refractivity contribution in [3.63, 3.8) is 0 Å². The number of ether oxygens (including phenoxy) is 2. The first-order valence-corrected chi connectivity index (χ1v) is 10.8. The van der Waals surface area contributed by atoms with Gasteiger partial charge in [-0.3, -0.25) is 14.5 Å². The van der Waals surface area contributed by atoms with Gasteiger partial charge in [0.15, 0.2) is 11.5 Å². The van der Waals surface area contributed by atoms with Crippen LogP contribution in [0, 0.1) is 9.39 Å². The average Bonchev–Trinajstić information content (AvgIpc) is 2.95. The molecule has 0 radical (unpaired) electrons. The first kappa shape index (κ1) is 22.5. The number of carbonyl (C=O) groups excluding carboxylic acids is 1. The number of hydrogen-bond acceptors (Lipinski definition) is 6. The lowest BCUT2D eigenvalue weighted by atomic mass is 10.1. The minimum absolute atomic E-state index is 0.0340. The van der Waals surface area contributed by atoms with Gasteiger partial charge in [0, 0.05) is 5.56 Å². The summed E-state index contributed by atoms with van der Waals surface area (Å²) in [7, 11) is 1.48. The predicted molar refractivity (Wildman–Crippen MR) is 124 cm³/mol. The van der Waals surface area contributed by atoms with Crippen molar-refractivity contribution < 1.29 is 28.6 Å². The molecule has 0 unspecified atom stereocenters. The smallest absolute Gasteiger partial charge is 0.323 e. The van der Waals surface area contributed by atoms with Gasteiger partial charge in [0.2, 0.25) is 0 Å². The van der Waals surface area contributed by atoms with Crippen LogP contribution in [0.1, 0.15) is 11.1 Å². The first-order valence-electron chi connectivity index (χ1n) is 8.51. The lowest BCUT2D eigenvalue weighted by molar-refractivity contribution is -0.140. The Morgan fingerprint density at radius 2 is 2.10 bits per heavy atom. The van der Waals surface area contributed by atoms with Gasteiger partial charge in [0.1, 0.15) is 23.3 Å². The molecule has 0 saturated carbocycles. The molecule has 2 aromatic rings. The Kier molecular flexibility index (Phi) is 7.32. The number of hydrogen-bond donors (Lipinski definition) is 1. The highest BCUT2D eigenvalue weighted by Gasteiger charge is 2.33. The van der Waals surface area contributed by atoms with Crippen molar-refractivity contribution in [3.8, 4) is 11.5 Å². The van der Waals surface area contributed by atoms with Gasteiger partial charge in [-0.15, -0.1) is 0 Å². The van der Waals surface area contributed by atoms with Crippen LogP contribution in [0.4, 0.5) is 4.39 Å². The molecule has 1 N–H and O–H groups in total. The normalized spacial score (nSPS) is 15.0. The maximum atomic E-state index is 13.8. The molecular weight excluding hydrogens is 544 g/mol. The van der Waals surface area contributed by atoms with Crippen LogP contribution in [0.2, 0.25) is 0 Å². The largest absolute Gasteiger partial charge is 0.493 e. The van der Waals surface area contributed by atoms with Crippen molar-refractivity contribution in [2.45, 2.75) is 6.61 Å². The third kappa shape index (κ3) is 5.10. The van der Waals surface area contributed by atoms with Crippen LogP contribution in [-0.2, 0) is 16.2 Å². The molecule has 1 aliphatic heterocycles. The number of thioether (sulfide) groups is 1. The number of carboxylic acids is 1. The average molecular weight is 559 g/mol. The minimum atomic E-state index is -1.14. The van der Waals surface area contributed by atoms with Gasteiger partial charge in [0.25, 0.3) is 5.91 Å². The summed E-state index contributed by atoms with van der Waals surface area (Å²) < 4.78 is 25.9. The molecule has 0 spiro atoms. The molecule has 10 heteroatoms. The standard InChI is InChI=1S/C20H15FINO5S2/c1-27-15-7-11(8-16-19(26)23(9-17(24)25)20(29)30-16)6-14(22)18(15)28-10-12-4-2-3-5-13(12)21/h2-8H,9-10H2,1H3,(H,24,25)/b16-8-. The molecule has 1 heterocycles. The fraction of sp³-hybridized carbons (Fsp3) is 0.150. The van der Waals surface area contributed by atoms with E-state index >= 15 is 0 Å². The minimum Gasteiger partial charge on any atom is -0.493 e. The van der Waals surface area contributed by atoms with Gasteiger partial charge in [0.05, 0.1) is 15.6 Å². The van der Waals surface area contributed by atoms with Crippen molar-refractivity contribution in [2.75, 3.05) is 13.7 Å². The molecule has 30 heavy (non-hydrogen) atoms. The Morgan fingerprint density at radius 3 is 2.77 bits per heavy atom. The molecule has 0 bridgehead atoms. The molecule has 3 rings (SSSR count). The number of rotatable bonds is 7. The first-order chi connectivity index (χ1) is 14.3. The van der Waals surface area contributed by atoms with Crippen molar-refractivity contribution in [2.24, 2.45) is 0 Å². The Morgan fingerprint density at radius 1 is 1.37 bits per heavy atom. The van der Waals surface area contributed by atoms with E-state index in [-0.39, 0.29) is 16.7 Å². The summed E-state index contributed by atoms with van der Waals surface area (Å²) >= 11 is 8.21. The summed E-state index contributed by atoms with van der Waals surface area (Å²) in [5.41, 5.74) is 1.08. The number of amides is 1. The molecule has 0 aliphatic carbocycles. The number of methoxy groups -OCH3 is 1. The molecule has 1 amide bonds. The van der Waals surface area contributed by atoms with Crippen LogP contribution in [0.3, 0.4) is 0 Å². The molecule has 1 fully saturated rings. The van der Waals surface area contributed by atoms with Crippen molar-refractivity contribution in [1.29, 1.82) is 0 Å². The van der Waals surface area contributed by atoms with Crippen LogP contribution < -0.4 is 9.47 Å². The van der Waals surface area contributed by atoms with Gasteiger partial charge in [-0.1, -0.05) is 42.2 Å². The Hall–Kier alpha value is -2.18. The number of thiocarbonyl (C=S) groups is 1. The number of nitrogens with zero attached hydrogens (tertiary/aromatic N) is 1. The zero-order valence-electron chi connectivity index (χ0n) is 15.6. The molecule has 1 aliphatic rings. The fourth-order valence-electron chi connectivity index (χ4n) is 2.65. The van der Waals surface area contributed by atoms with E-state index in [1.165, 1.54) is 13.2 Å². The van der Waals surface area contributed by atoms with Crippen molar-refractivity contribution >= 4 is 68.8 Å². The van der Waals surface area contributed by atoms with Crippen LogP contribution >= 0.6 is 46.6 Å². The van der Waals surface area contributed by atoms with E-state index in [0.29, 0.717) is 31.1 Å². The van der Waals surface area contributed by atoms with Gasteiger partial charge in [-0.25, -0.2) is 4.39 Å². The van der Waals surface area contributed by atoms with E-state index < -0.39 is 18.4 Å². The summed E-state index contributed by atoms with van der Waals surface area (Å²) in [6.07, 6.45) is 1.62. The molecule has 1 saturated heterocycles. The van der Waals surface area contributed by atoms with Gasteiger partial charge in [-0.05, 0) is 52.4 Å². The molecule has 2 aromatic carbocycles. The highest BCUT2D eigenvalue weighted by molar-refractivity contribution is 14.1. The number of carbonyl (C=O) groups is 2. The van der Waals surface area contributed by atoms with Crippen LogP contribution in [0.15, 0.2) is 41.3 Å². The third-order valence-electron chi connectivity index (χ3n) is 4.05. The topological polar surface area (TPSA) is 76.1 Å². The fourth-order valence-corrected chi connectivity index (χ4v) is 4.69. The second-order valence-electron chi connectivity index (χ2n) is 6.08. The number of benzene rings is 2. The van der Waals surface area contributed by atoms with E-state index in [1.807, 2.05) is 0 Å². The van der Waals surface area contributed by atoms with E-state index in [1.54, 1.807) is 36.4 Å². The number of carboxylic acid groups (broad SMARTS) is 1. The quantitative estimate of drug-likeness (QED) is 0.308. The highest BCUT2D eigenvalue weighted by atomic mass is 127. The highest BCUT2D eigenvalue weighted by Crippen LogP contribution is 2.37. The summed E-state index contributed by atoms with van der Waals surface area (Å²) in [6, 6.07) is 9.81. The summed E-state index contributed by atoms with van der Waals surface area (Å²) in [5, 5.41) is 8.93. The summed E-state index contributed by atoms with van der Waals surface area (Å²) in [6.45, 7) is -0.447. The van der Waals surface area contributed by atoms with Crippen LogP contribution in [-0.4, -0.2) is 39.9 Å². The van der Waals surface area contributed by atoms with Gasteiger partial charge >= 0.3 is 5.97 Å². The second-order valence-corrected chi connectivity index (χ2v) is 8.91. The SMILES string of the molecule is COc1cc(/C=C2\SC(=S)N(CC(=O)O)C2=O)cc(I)c1OCc1ccccc1F. The lowest BCUT2D eigenvalue weighted by Crippen LogP contribution is -2.33. The monoisotopic (exact) mass is 559 g/mol. The summed E-state index contributed by atoms with van der Waals surface area (Å²) in [4.78, 5) is 24.7. The van der Waals surface area contributed by atoms with E-state index in [2.05, 4.69) is 22.6 Å². The Labute approximate surface area is 195 Å². The van der Waals surface area contributed by atoms with Gasteiger partial charge < -0.3 is 14.6 Å². The lowest BCUT2D eigenvalue weighted by Gasteiger charge is -2.14. The van der Waals surface area contributed by atoms with E-state index in [4.69, 9.17) is 26.8 Å². The van der Waals surface area contributed by atoms with Gasteiger partial charge in [-0.2, -0.15) is 0 Å². The third-order valence-corrected chi connectivity index (χ3v) is 6.23. The summed E-state index contributed by atoms with van der Waals surface area (Å²) in [5.74, 6) is -1.07. The zero-order chi connectivity index (χ0) is 21.8. The Balaban J connectivity index is 1.84. The van der Waals surface area contributed by atoms with Crippen LogP contribution in [0.25, 0.3) is 6.08 Å². The maximum Gasteiger partial charge on any atom is 0.323 e. The second kappa shape index (κ2) is 9.75. The molecule has 6 nitrogen and oxygen atoms in total. The number of aliphatic carboxylic acids is 1. The molecule has 0 atom stereocenters. The molecule has 156 valence electrons. The van der Waals surface area contributed by atoms with E-state index in [9.17, 15) is 14.0 Å². The predicted octanol–water partition coefficient (Wildman–Crippen LogP) is 4.30. The van der Waals surface area contributed by atoms with Crippen LogP contribution in [0.5, 0.6) is 11.5 Å². The zero-order valence-corrected chi connectivity index (χ0v) is 19.3. The maximum absolute atomic E-state index is 13.8. The van der Waals surface area contributed by atoms with Crippen molar-refractivity contribution in [3.05, 3.63) is 61.8 Å². The molecular formula is C20H15FINO5S2. The van der Waals surface area contributed by atoms with E-state index in [0.717, 1.165) is 16.7 Å². The Bertz CT molecular complexity index is 1060.